The van der Waals surface area contributed by atoms with Gasteiger partial charge in [-0.25, -0.2) is 4.79 Å². The van der Waals surface area contributed by atoms with Crippen molar-refractivity contribution in [3.8, 4) is 0 Å². The van der Waals surface area contributed by atoms with E-state index in [1.165, 1.54) is 6.92 Å². The van der Waals surface area contributed by atoms with E-state index in [-0.39, 0.29) is 41.9 Å². The molecule has 0 N–H and O–H groups in total. The topological polar surface area (TPSA) is 52.6 Å². The highest BCUT2D eigenvalue weighted by Crippen LogP contribution is 2.52. The smallest absolute Gasteiger partial charge is 0.334 e. The first-order valence-corrected chi connectivity index (χ1v) is 7.33. The monoisotopic (exact) mass is 288 g/mol. The van der Waals surface area contributed by atoms with E-state index in [4.69, 9.17) is 9.47 Å². The van der Waals surface area contributed by atoms with Gasteiger partial charge < -0.3 is 9.47 Å². The summed E-state index contributed by atoms with van der Waals surface area (Å²) in [5.41, 5.74) is 2.53. The summed E-state index contributed by atoms with van der Waals surface area (Å²) in [4.78, 5) is 23.1. The Bertz CT molecular complexity index is 559. The minimum absolute atomic E-state index is 0.0162. The second-order valence-electron chi connectivity index (χ2n) is 6.24. The molecular formula is C17H20O4. The van der Waals surface area contributed by atoms with E-state index in [9.17, 15) is 9.59 Å². The van der Waals surface area contributed by atoms with Crippen LogP contribution in [0.5, 0.6) is 0 Å². The van der Waals surface area contributed by atoms with Crippen molar-refractivity contribution in [3.63, 3.8) is 0 Å². The zero-order chi connectivity index (χ0) is 15.3. The minimum atomic E-state index is -0.312. The molecule has 2 saturated carbocycles. The number of esters is 2. The quantitative estimate of drug-likeness (QED) is 0.423. The highest BCUT2D eigenvalue weighted by molar-refractivity contribution is 5.91. The lowest BCUT2D eigenvalue weighted by atomic mass is 9.82. The van der Waals surface area contributed by atoms with Gasteiger partial charge in [0.1, 0.15) is 12.2 Å². The third-order valence-corrected chi connectivity index (χ3v) is 5.06. The highest BCUT2D eigenvalue weighted by atomic mass is 16.6. The zero-order valence-corrected chi connectivity index (χ0v) is 12.3. The van der Waals surface area contributed by atoms with E-state index in [0.29, 0.717) is 12.0 Å². The maximum atomic E-state index is 11.8. The Labute approximate surface area is 124 Å². The van der Waals surface area contributed by atoms with Crippen molar-refractivity contribution in [2.45, 2.75) is 38.4 Å². The lowest BCUT2D eigenvalue weighted by molar-refractivity contribution is -0.145. The maximum Gasteiger partial charge on any atom is 0.334 e. The normalized spacial score (nSPS) is 38.6. The second-order valence-corrected chi connectivity index (χ2v) is 6.24. The van der Waals surface area contributed by atoms with Gasteiger partial charge >= 0.3 is 11.9 Å². The van der Waals surface area contributed by atoms with E-state index in [1.54, 1.807) is 0 Å². The molecule has 0 aromatic carbocycles. The van der Waals surface area contributed by atoms with Gasteiger partial charge in [0.25, 0.3) is 0 Å². The Kier molecular flexibility index (Phi) is 3.27. The lowest BCUT2D eigenvalue weighted by Gasteiger charge is -2.26. The summed E-state index contributed by atoms with van der Waals surface area (Å²) >= 11 is 0. The molecular weight excluding hydrogens is 268 g/mol. The van der Waals surface area contributed by atoms with Crippen LogP contribution in [0.3, 0.4) is 0 Å². The van der Waals surface area contributed by atoms with Crippen LogP contribution in [0.1, 0.15) is 26.2 Å². The molecule has 3 aliphatic rings. The average molecular weight is 288 g/mol. The van der Waals surface area contributed by atoms with Crippen molar-refractivity contribution in [2.24, 2.45) is 17.8 Å². The van der Waals surface area contributed by atoms with Gasteiger partial charge in [-0.2, -0.15) is 0 Å². The van der Waals surface area contributed by atoms with Crippen molar-refractivity contribution in [3.05, 3.63) is 36.5 Å². The predicted octanol–water partition coefficient (Wildman–Crippen LogP) is 2.56. The summed E-state index contributed by atoms with van der Waals surface area (Å²) in [5.74, 6) is -0.447. The number of hydrogen-bond acceptors (Lipinski definition) is 4. The first-order valence-electron chi connectivity index (χ1n) is 7.33. The highest BCUT2D eigenvalue weighted by Gasteiger charge is 2.53. The lowest BCUT2D eigenvalue weighted by Crippen LogP contribution is -2.29. The van der Waals surface area contributed by atoms with Gasteiger partial charge in [-0.15, -0.1) is 0 Å². The van der Waals surface area contributed by atoms with Crippen LogP contribution in [0, 0.1) is 17.8 Å². The van der Waals surface area contributed by atoms with E-state index in [1.807, 2.05) is 0 Å². The third-order valence-electron chi connectivity index (χ3n) is 5.06. The molecule has 0 amide bonds. The van der Waals surface area contributed by atoms with Crippen LogP contribution >= 0.6 is 0 Å². The van der Waals surface area contributed by atoms with Crippen molar-refractivity contribution in [1.82, 2.24) is 0 Å². The molecule has 0 bridgehead atoms. The second kappa shape index (κ2) is 4.86. The van der Waals surface area contributed by atoms with Gasteiger partial charge in [-0.3, -0.25) is 4.79 Å². The van der Waals surface area contributed by atoms with Gasteiger partial charge in [0.15, 0.2) is 0 Å². The van der Waals surface area contributed by atoms with Gasteiger partial charge in [0.2, 0.25) is 0 Å². The van der Waals surface area contributed by atoms with Crippen LogP contribution in [0.2, 0.25) is 0 Å². The third kappa shape index (κ3) is 2.13. The number of ether oxygens (including phenoxy) is 2. The van der Waals surface area contributed by atoms with E-state index in [2.05, 4.69) is 19.7 Å². The van der Waals surface area contributed by atoms with Gasteiger partial charge in [0.05, 0.1) is 0 Å². The molecule has 2 aliphatic carbocycles. The van der Waals surface area contributed by atoms with Crippen molar-refractivity contribution in [2.75, 3.05) is 0 Å². The maximum absolute atomic E-state index is 11.8. The van der Waals surface area contributed by atoms with Crippen molar-refractivity contribution < 1.29 is 19.1 Å². The number of fused-ring (bicyclic) bond motifs is 3. The molecule has 3 rings (SSSR count). The summed E-state index contributed by atoms with van der Waals surface area (Å²) in [7, 11) is 0. The first-order chi connectivity index (χ1) is 9.90. The molecule has 1 aliphatic heterocycles. The fourth-order valence-electron chi connectivity index (χ4n) is 4.01. The van der Waals surface area contributed by atoms with Crippen molar-refractivity contribution in [1.29, 1.82) is 0 Å². The summed E-state index contributed by atoms with van der Waals surface area (Å²) < 4.78 is 10.9. The van der Waals surface area contributed by atoms with Gasteiger partial charge in [0, 0.05) is 24.3 Å². The Morgan fingerprint density at radius 1 is 1.29 bits per heavy atom. The number of rotatable bonds is 1. The zero-order valence-electron chi connectivity index (χ0n) is 12.3. The molecule has 112 valence electrons. The van der Waals surface area contributed by atoms with Gasteiger partial charge in [-0.05, 0) is 30.8 Å². The number of hydrogen-bond donors (Lipinski definition) is 0. The first kappa shape index (κ1) is 14.1. The van der Waals surface area contributed by atoms with Crippen LogP contribution in [0.25, 0.3) is 0 Å². The Morgan fingerprint density at radius 2 is 2.00 bits per heavy atom. The molecule has 0 radical (unpaired) electrons. The van der Waals surface area contributed by atoms with Crippen LogP contribution in [0.15, 0.2) is 36.5 Å². The Morgan fingerprint density at radius 3 is 2.67 bits per heavy atom. The number of carbonyl (C=O) groups is 2. The van der Waals surface area contributed by atoms with Crippen LogP contribution in [-0.2, 0) is 19.1 Å². The van der Waals surface area contributed by atoms with E-state index < -0.39 is 0 Å². The molecule has 4 heteroatoms. The molecule has 0 spiro atoms. The molecule has 0 aromatic rings. The molecule has 4 nitrogen and oxygen atoms in total. The fourth-order valence-corrected chi connectivity index (χ4v) is 4.01. The van der Waals surface area contributed by atoms with Crippen molar-refractivity contribution >= 4 is 11.9 Å². The number of allylic oxidation sites excluding steroid dienone is 1. The van der Waals surface area contributed by atoms with E-state index >= 15 is 0 Å². The summed E-state index contributed by atoms with van der Waals surface area (Å²) in [6.45, 7) is 13.6. The summed E-state index contributed by atoms with van der Waals surface area (Å²) in [6, 6.07) is 0. The van der Waals surface area contributed by atoms with E-state index in [0.717, 1.165) is 24.0 Å². The molecule has 21 heavy (non-hydrogen) atoms. The predicted molar refractivity (Wildman–Crippen MR) is 77.2 cm³/mol. The Balaban J connectivity index is 1.93. The van der Waals surface area contributed by atoms with Gasteiger partial charge in [-0.1, -0.05) is 25.3 Å². The SMILES string of the molecule is C=C1CCC2C(=C)C(=O)O[C@H]2C2C(=C)[C@H](OC(C)=O)CC12. The summed E-state index contributed by atoms with van der Waals surface area (Å²) in [6.07, 6.45) is 1.84. The van der Waals surface area contributed by atoms with Crippen LogP contribution < -0.4 is 0 Å². The largest absolute Gasteiger partial charge is 0.458 e. The summed E-state index contributed by atoms with van der Waals surface area (Å²) in [5, 5.41) is 0. The molecule has 1 heterocycles. The molecule has 0 aromatic heterocycles. The standard InChI is InChI=1S/C17H20O4/c1-8-5-6-12-9(2)17(19)21-16(12)15-10(3)14(7-13(8)15)20-11(4)18/h12-16H,1-3,5-7H2,4H3/t12?,13?,14-,15?,16-/m1/s1. The average Bonchev–Trinajstić information content (AvgIpc) is 2.81. The molecule has 5 atom stereocenters. The number of carbonyl (C=O) groups excluding carboxylic acids is 2. The molecule has 3 fully saturated rings. The molecule has 1 saturated heterocycles. The molecule has 3 unspecified atom stereocenters. The van der Waals surface area contributed by atoms with Crippen LogP contribution in [0.4, 0.5) is 0 Å². The Hall–Kier alpha value is -1.84. The fraction of sp³-hybridized carbons (Fsp3) is 0.529. The van der Waals surface area contributed by atoms with Crippen LogP contribution in [-0.4, -0.2) is 24.1 Å². The minimum Gasteiger partial charge on any atom is -0.458 e.